The minimum atomic E-state index is -0.647. The molecule has 1 fully saturated rings. The summed E-state index contributed by atoms with van der Waals surface area (Å²) in [4.78, 5) is 22.3. The van der Waals surface area contributed by atoms with Gasteiger partial charge in [0.2, 0.25) is 0 Å². The lowest BCUT2D eigenvalue weighted by atomic mass is 10.2. The lowest BCUT2D eigenvalue weighted by Crippen LogP contribution is -2.34. The van der Waals surface area contributed by atoms with Gasteiger partial charge < -0.3 is 14.2 Å². The Morgan fingerprint density at radius 3 is 2.75 bits per heavy atom. The number of halogens is 2. The van der Waals surface area contributed by atoms with Crippen molar-refractivity contribution < 1.29 is 22.8 Å². The first-order chi connectivity index (χ1) is 17.5. The summed E-state index contributed by atoms with van der Waals surface area (Å²) < 4.78 is 40.8. The maximum Gasteiger partial charge on any atom is 0.325 e. The van der Waals surface area contributed by atoms with Gasteiger partial charge in [0, 0.05) is 18.2 Å². The molecule has 0 N–H and O–H groups in total. The van der Waals surface area contributed by atoms with Crippen molar-refractivity contribution in [3.05, 3.63) is 66.1 Å². The Morgan fingerprint density at radius 2 is 2.03 bits per heavy atom. The minimum absolute atomic E-state index is 0.00610. The number of hydrogen-bond donors (Lipinski definition) is 0. The number of nitrogens with zero attached hydrogens (tertiary/aromatic N) is 6. The van der Waals surface area contributed by atoms with Crippen molar-refractivity contribution in [3.8, 4) is 22.9 Å². The molecule has 1 aliphatic carbocycles. The van der Waals surface area contributed by atoms with Gasteiger partial charge in [-0.25, -0.2) is 18.7 Å². The van der Waals surface area contributed by atoms with Crippen LogP contribution in [-0.4, -0.2) is 50.6 Å². The molecule has 0 atom stereocenters. The van der Waals surface area contributed by atoms with Gasteiger partial charge in [0.15, 0.2) is 17.5 Å². The summed E-state index contributed by atoms with van der Waals surface area (Å²) in [6, 6.07) is 9.75. The van der Waals surface area contributed by atoms with Gasteiger partial charge in [0.05, 0.1) is 25.0 Å². The number of ether oxygens (including phenoxy) is 1. The Bertz CT molecular complexity index is 1350. The summed E-state index contributed by atoms with van der Waals surface area (Å²) in [5.74, 6) is -0.933. The molecule has 1 saturated carbocycles. The average molecular weight is 495 g/mol. The van der Waals surface area contributed by atoms with Gasteiger partial charge >= 0.3 is 5.97 Å². The molecule has 36 heavy (non-hydrogen) atoms. The second kappa shape index (κ2) is 10.2. The molecule has 0 radical (unpaired) electrons. The highest BCUT2D eigenvalue weighted by molar-refractivity contribution is 5.75. The third kappa shape index (κ3) is 5.24. The van der Waals surface area contributed by atoms with Crippen molar-refractivity contribution in [2.75, 3.05) is 24.6 Å². The van der Waals surface area contributed by atoms with Crippen LogP contribution >= 0.6 is 0 Å². The van der Waals surface area contributed by atoms with Crippen molar-refractivity contribution in [3.63, 3.8) is 0 Å². The molecule has 0 aliphatic heterocycles. The molecular weight excluding hydrogens is 470 g/mol. The largest absolute Gasteiger partial charge is 0.465 e. The number of aromatic nitrogens is 5. The molecule has 0 unspecified atom stereocenters. The van der Waals surface area contributed by atoms with Crippen LogP contribution in [0.1, 0.15) is 25.3 Å². The maximum atomic E-state index is 14.9. The van der Waals surface area contributed by atoms with E-state index in [1.165, 1.54) is 12.3 Å². The minimum Gasteiger partial charge on any atom is -0.465 e. The lowest BCUT2D eigenvalue weighted by Gasteiger charge is -2.23. The number of carbonyl (C=O) groups is 1. The third-order valence-corrected chi connectivity index (χ3v) is 5.81. The summed E-state index contributed by atoms with van der Waals surface area (Å²) in [5, 5.41) is 8.56. The predicted octanol–water partition coefficient (Wildman–Crippen LogP) is 4.10. The molecular formula is C25H24F2N6O3. The summed E-state index contributed by atoms with van der Waals surface area (Å²) in [5.41, 5.74) is 1.82. The molecule has 3 aromatic heterocycles. The third-order valence-electron chi connectivity index (χ3n) is 5.81. The number of anilines is 1. The topological polar surface area (TPSA) is 99.2 Å². The molecule has 1 aromatic carbocycles. The van der Waals surface area contributed by atoms with E-state index in [1.807, 2.05) is 0 Å². The molecule has 4 aromatic rings. The van der Waals surface area contributed by atoms with Gasteiger partial charge in [-0.2, -0.15) is 5.10 Å². The van der Waals surface area contributed by atoms with E-state index >= 15 is 0 Å². The quantitative estimate of drug-likeness (QED) is 0.304. The molecule has 186 valence electrons. The van der Waals surface area contributed by atoms with Crippen LogP contribution in [0.15, 0.2) is 53.4 Å². The SMILES string of the molecule is CCOC(=O)CN(CC1CC1)c1nc(-c2cc(-c3ccon3)n(Cc3ccccc3F)n2)ncc1F. The molecule has 0 spiro atoms. The van der Waals surface area contributed by atoms with Crippen LogP contribution in [0.4, 0.5) is 14.6 Å². The van der Waals surface area contributed by atoms with Crippen molar-refractivity contribution in [2.45, 2.75) is 26.3 Å². The smallest absolute Gasteiger partial charge is 0.325 e. The van der Waals surface area contributed by atoms with Crippen molar-refractivity contribution >= 4 is 11.8 Å². The molecule has 1 aliphatic rings. The van der Waals surface area contributed by atoms with E-state index in [0.717, 1.165) is 19.0 Å². The maximum absolute atomic E-state index is 14.9. The molecule has 0 saturated heterocycles. The highest BCUT2D eigenvalue weighted by Crippen LogP contribution is 2.32. The zero-order valence-electron chi connectivity index (χ0n) is 19.6. The molecule has 0 amide bonds. The molecule has 9 nitrogen and oxygen atoms in total. The van der Waals surface area contributed by atoms with Crippen molar-refractivity contribution in [2.24, 2.45) is 5.92 Å². The van der Waals surface area contributed by atoms with E-state index in [9.17, 15) is 13.6 Å². The Hall–Kier alpha value is -4.15. The van der Waals surface area contributed by atoms with Crippen LogP contribution in [0.5, 0.6) is 0 Å². The highest BCUT2D eigenvalue weighted by Gasteiger charge is 2.29. The second-order valence-electron chi connectivity index (χ2n) is 8.54. The number of esters is 1. The molecule has 3 heterocycles. The zero-order chi connectivity index (χ0) is 25.1. The van der Waals surface area contributed by atoms with Gasteiger partial charge in [-0.3, -0.25) is 9.48 Å². The van der Waals surface area contributed by atoms with Crippen molar-refractivity contribution in [1.29, 1.82) is 0 Å². The second-order valence-corrected chi connectivity index (χ2v) is 8.54. The summed E-state index contributed by atoms with van der Waals surface area (Å²) >= 11 is 0. The Balaban J connectivity index is 1.51. The number of hydrogen-bond acceptors (Lipinski definition) is 8. The predicted molar refractivity (Wildman–Crippen MR) is 126 cm³/mol. The molecule has 0 bridgehead atoms. The number of rotatable bonds is 10. The zero-order valence-corrected chi connectivity index (χ0v) is 19.6. The standard InChI is InChI=1S/C25H24F2N6O3/c1-2-35-23(34)15-32(13-16-7-8-16)25-19(27)12-28-24(29-25)21-11-22(20-9-10-36-31-20)33(30-21)14-17-5-3-4-6-18(17)26/h3-6,9-12,16H,2,7-8,13-15H2,1H3. The van der Waals surface area contributed by atoms with Crippen LogP contribution in [0.3, 0.4) is 0 Å². The summed E-state index contributed by atoms with van der Waals surface area (Å²) in [7, 11) is 0. The van der Waals surface area contributed by atoms with E-state index in [1.54, 1.807) is 46.8 Å². The average Bonchev–Trinajstić information content (AvgIpc) is 3.34. The molecule has 11 heteroatoms. The first-order valence-corrected chi connectivity index (χ1v) is 11.7. The van der Waals surface area contributed by atoms with Gasteiger partial charge in [0.25, 0.3) is 0 Å². The van der Waals surface area contributed by atoms with Crippen LogP contribution < -0.4 is 4.90 Å². The van der Waals surface area contributed by atoms with E-state index in [2.05, 4.69) is 20.2 Å². The fourth-order valence-corrected chi connectivity index (χ4v) is 3.89. The first-order valence-electron chi connectivity index (χ1n) is 11.7. The van der Waals surface area contributed by atoms with Crippen LogP contribution in [0.25, 0.3) is 22.9 Å². The van der Waals surface area contributed by atoms with E-state index in [4.69, 9.17) is 9.26 Å². The van der Waals surface area contributed by atoms with Gasteiger partial charge in [-0.15, -0.1) is 0 Å². The first kappa shape index (κ1) is 23.6. The Labute approximate surface area is 205 Å². The van der Waals surface area contributed by atoms with Crippen LogP contribution in [0.2, 0.25) is 0 Å². The molecule has 5 rings (SSSR count). The fourth-order valence-electron chi connectivity index (χ4n) is 3.89. The Morgan fingerprint density at radius 1 is 1.19 bits per heavy atom. The van der Waals surface area contributed by atoms with Crippen LogP contribution in [0, 0.1) is 17.6 Å². The number of benzene rings is 1. The monoisotopic (exact) mass is 494 g/mol. The van der Waals surface area contributed by atoms with Gasteiger partial charge in [-0.1, -0.05) is 23.4 Å². The Kier molecular flexibility index (Phi) is 6.70. The van der Waals surface area contributed by atoms with Gasteiger partial charge in [0.1, 0.15) is 30.0 Å². The van der Waals surface area contributed by atoms with E-state index < -0.39 is 11.8 Å². The van der Waals surface area contributed by atoms with Gasteiger partial charge in [-0.05, 0) is 37.8 Å². The van der Waals surface area contributed by atoms with Crippen LogP contribution in [-0.2, 0) is 16.1 Å². The number of carbonyl (C=O) groups excluding carboxylic acids is 1. The van der Waals surface area contributed by atoms with E-state index in [0.29, 0.717) is 35.1 Å². The lowest BCUT2D eigenvalue weighted by molar-refractivity contribution is -0.141. The highest BCUT2D eigenvalue weighted by atomic mass is 19.1. The van der Waals surface area contributed by atoms with E-state index in [-0.39, 0.29) is 37.2 Å². The fraction of sp³-hybridized carbons (Fsp3) is 0.320. The van der Waals surface area contributed by atoms with Crippen molar-refractivity contribution in [1.82, 2.24) is 24.9 Å². The normalized spacial score (nSPS) is 13.1. The summed E-state index contributed by atoms with van der Waals surface area (Å²) in [6.07, 6.45) is 4.52. The summed E-state index contributed by atoms with van der Waals surface area (Å²) in [6.45, 7) is 2.44.